The van der Waals surface area contributed by atoms with E-state index in [0.29, 0.717) is 5.70 Å². The van der Waals surface area contributed by atoms with Crippen molar-refractivity contribution in [2.24, 2.45) is 15.7 Å². The number of hydrogen-bond donors (Lipinski definition) is 1. The van der Waals surface area contributed by atoms with E-state index in [-0.39, 0.29) is 0 Å². The minimum Gasteiger partial charge on any atom is -0.396 e. The molecular weight excluding hydrogens is 186 g/mol. The topological polar surface area (TPSA) is 50.7 Å². The molecule has 3 heteroatoms. The first-order valence-electron chi connectivity index (χ1n) is 4.51. The second-order valence-electron chi connectivity index (χ2n) is 2.78. The molecule has 3 nitrogen and oxygen atoms in total. The summed E-state index contributed by atoms with van der Waals surface area (Å²) in [7, 11) is 0. The van der Waals surface area contributed by atoms with Gasteiger partial charge in [-0.1, -0.05) is 36.9 Å². The molecule has 0 aliphatic heterocycles. The molecule has 0 fully saturated rings. The Labute approximate surface area is 89.4 Å². The lowest BCUT2D eigenvalue weighted by atomic mass is 10.2. The highest BCUT2D eigenvalue weighted by molar-refractivity contribution is 5.81. The zero-order chi connectivity index (χ0) is 10.9. The van der Waals surface area contributed by atoms with Gasteiger partial charge in [0.05, 0.1) is 18.1 Å². The first-order chi connectivity index (χ1) is 7.33. The first kappa shape index (κ1) is 10.9. The third kappa shape index (κ3) is 4.57. The van der Waals surface area contributed by atoms with Crippen LogP contribution in [0.25, 0.3) is 0 Å². The number of aliphatic imine (C=N–C) groups is 2. The first-order valence-corrected chi connectivity index (χ1v) is 4.51. The van der Waals surface area contributed by atoms with E-state index in [9.17, 15) is 0 Å². The Morgan fingerprint density at radius 1 is 1.20 bits per heavy atom. The SMILES string of the molecule is C=CN=C/C(N)=C\N=Cc1ccccc1. The highest BCUT2D eigenvalue weighted by Gasteiger charge is 1.82. The van der Waals surface area contributed by atoms with E-state index in [1.54, 1.807) is 12.4 Å². The lowest BCUT2D eigenvalue weighted by Crippen LogP contribution is -1.96. The van der Waals surface area contributed by atoms with Crippen LogP contribution in [0.4, 0.5) is 0 Å². The highest BCUT2D eigenvalue weighted by atomic mass is 14.8. The van der Waals surface area contributed by atoms with Crippen molar-refractivity contribution in [3.8, 4) is 0 Å². The number of allylic oxidation sites excluding steroid dienone is 1. The fraction of sp³-hybridized carbons (Fsp3) is 0. The van der Waals surface area contributed by atoms with Gasteiger partial charge < -0.3 is 5.73 Å². The predicted molar refractivity (Wildman–Crippen MR) is 65.0 cm³/mol. The Kier molecular flexibility index (Phi) is 4.60. The Balaban J connectivity index is 2.59. The second kappa shape index (κ2) is 6.32. The maximum absolute atomic E-state index is 5.57. The molecule has 0 aromatic heterocycles. The van der Waals surface area contributed by atoms with Crippen LogP contribution in [0.3, 0.4) is 0 Å². The van der Waals surface area contributed by atoms with E-state index in [1.165, 1.54) is 12.4 Å². The lowest BCUT2D eigenvalue weighted by molar-refractivity contribution is 1.41. The molecule has 76 valence electrons. The lowest BCUT2D eigenvalue weighted by Gasteiger charge is -1.89. The summed E-state index contributed by atoms with van der Waals surface area (Å²) in [5.41, 5.74) is 7.09. The Bertz CT molecular complexity index is 389. The summed E-state index contributed by atoms with van der Waals surface area (Å²) >= 11 is 0. The van der Waals surface area contributed by atoms with E-state index in [4.69, 9.17) is 5.73 Å². The van der Waals surface area contributed by atoms with E-state index in [1.807, 2.05) is 30.3 Å². The van der Waals surface area contributed by atoms with E-state index in [2.05, 4.69) is 16.6 Å². The molecule has 15 heavy (non-hydrogen) atoms. The summed E-state index contributed by atoms with van der Waals surface area (Å²) in [6.45, 7) is 3.44. The Morgan fingerprint density at radius 2 is 1.93 bits per heavy atom. The third-order valence-electron chi connectivity index (χ3n) is 1.58. The van der Waals surface area contributed by atoms with Crippen molar-refractivity contribution >= 4 is 12.4 Å². The molecule has 0 aliphatic carbocycles. The van der Waals surface area contributed by atoms with Crippen molar-refractivity contribution in [1.29, 1.82) is 0 Å². The van der Waals surface area contributed by atoms with Crippen molar-refractivity contribution in [2.75, 3.05) is 0 Å². The molecule has 0 unspecified atom stereocenters. The van der Waals surface area contributed by atoms with Crippen LogP contribution in [-0.4, -0.2) is 12.4 Å². The number of nitrogens with zero attached hydrogens (tertiary/aromatic N) is 2. The fourth-order valence-corrected chi connectivity index (χ4v) is 0.921. The number of rotatable bonds is 4. The summed E-state index contributed by atoms with van der Waals surface area (Å²) in [5, 5.41) is 0. The highest BCUT2D eigenvalue weighted by Crippen LogP contribution is 1.94. The van der Waals surface area contributed by atoms with Gasteiger partial charge >= 0.3 is 0 Å². The van der Waals surface area contributed by atoms with Crippen LogP contribution in [0, 0.1) is 0 Å². The molecular formula is C12H13N3. The zero-order valence-corrected chi connectivity index (χ0v) is 8.38. The van der Waals surface area contributed by atoms with Crippen LogP contribution in [-0.2, 0) is 0 Å². The molecule has 0 heterocycles. The van der Waals surface area contributed by atoms with Crippen molar-refractivity contribution in [2.45, 2.75) is 0 Å². The maximum atomic E-state index is 5.57. The summed E-state index contributed by atoms with van der Waals surface area (Å²) < 4.78 is 0. The number of benzene rings is 1. The molecule has 2 N–H and O–H groups in total. The summed E-state index contributed by atoms with van der Waals surface area (Å²) in [6, 6.07) is 9.79. The van der Waals surface area contributed by atoms with Gasteiger partial charge in [-0.2, -0.15) is 0 Å². The van der Waals surface area contributed by atoms with Crippen molar-refractivity contribution in [1.82, 2.24) is 0 Å². The quantitative estimate of drug-likeness (QED) is 0.742. The zero-order valence-electron chi connectivity index (χ0n) is 8.38. The molecule has 1 aromatic carbocycles. The van der Waals surface area contributed by atoms with E-state index in [0.717, 1.165) is 5.56 Å². The van der Waals surface area contributed by atoms with Gasteiger partial charge in [0.2, 0.25) is 0 Å². The molecule has 0 bridgehead atoms. The van der Waals surface area contributed by atoms with Gasteiger partial charge in [-0.05, 0) is 5.56 Å². The van der Waals surface area contributed by atoms with Gasteiger partial charge in [0, 0.05) is 12.4 Å². The van der Waals surface area contributed by atoms with E-state index < -0.39 is 0 Å². The van der Waals surface area contributed by atoms with Crippen LogP contribution < -0.4 is 5.73 Å². The van der Waals surface area contributed by atoms with Crippen LogP contribution >= 0.6 is 0 Å². The second-order valence-corrected chi connectivity index (χ2v) is 2.78. The summed E-state index contributed by atoms with van der Waals surface area (Å²) in [4.78, 5) is 7.83. The van der Waals surface area contributed by atoms with Gasteiger partial charge in [0.25, 0.3) is 0 Å². The molecule has 0 amide bonds. The maximum Gasteiger partial charge on any atom is 0.0685 e. The van der Waals surface area contributed by atoms with Gasteiger partial charge in [-0.25, -0.2) is 0 Å². The standard InChI is InChI=1S/C12H13N3/c1-2-14-9-12(13)10-15-8-11-6-4-3-5-7-11/h2-10H,1,13H2/b12-10+,14-9?,15-8?. The van der Waals surface area contributed by atoms with Crippen molar-refractivity contribution < 1.29 is 0 Å². The van der Waals surface area contributed by atoms with Gasteiger partial charge in [-0.3, -0.25) is 9.98 Å². The normalized spacial score (nSPS) is 12.4. The summed E-state index contributed by atoms with van der Waals surface area (Å²) in [5.74, 6) is 0. The fourth-order valence-electron chi connectivity index (χ4n) is 0.921. The molecule has 1 rings (SSSR count). The van der Waals surface area contributed by atoms with Gasteiger partial charge in [0.1, 0.15) is 0 Å². The minimum atomic E-state index is 0.488. The van der Waals surface area contributed by atoms with Crippen LogP contribution in [0.2, 0.25) is 0 Å². The summed E-state index contributed by atoms with van der Waals surface area (Å²) in [6.07, 6.45) is 6.19. The largest absolute Gasteiger partial charge is 0.396 e. The van der Waals surface area contributed by atoms with Crippen molar-refractivity contribution in [3.63, 3.8) is 0 Å². The molecule has 0 atom stereocenters. The predicted octanol–water partition coefficient (Wildman–Crippen LogP) is 2.12. The molecule has 0 saturated carbocycles. The smallest absolute Gasteiger partial charge is 0.0685 e. The van der Waals surface area contributed by atoms with Crippen LogP contribution in [0.5, 0.6) is 0 Å². The Morgan fingerprint density at radius 3 is 2.60 bits per heavy atom. The monoisotopic (exact) mass is 199 g/mol. The average molecular weight is 199 g/mol. The van der Waals surface area contributed by atoms with Crippen LogP contribution in [0.1, 0.15) is 5.56 Å². The average Bonchev–Trinajstić information content (AvgIpc) is 2.28. The molecule has 1 aromatic rings. The molecule has 0 spiro atoms. The molecule has 0 aliphatic rings. The number of hydrogen-bond acceptors (Lipinski definition) is 3. The van der Waals surface area contributed by atoms with Gasteiger partial charge in [0.15, 0.2) is 0 Å². The van der Waals surface area contributed by atoms with Crippen LogP contribution in [0.15, 0.2) is 65.0 Å². The third-order valence-corrected chi connectivity index (χ3v) is 1.58. The van der Waals surface area contributed by atoms with Crippen molar-refractivity contribution in [3.05, 3.63) is 60.6 Å². The Hall–Kier alpha value is -2.16. The van der Waals surface area contributed by atoms with E-state index >= 15 is 0 Å². The minimum absolute atomic E-state index is 0.488. The molecule has 0 saturated heterocycles. The molecule has 0 radical (unpaired) electrons. The van der Waals surface area contributed by atoms with Gasteiger partial charge in [-0.15, -0.1) is 0 Å². The number of nitrogens with two attached hydrogens (primary N) is 1.